The lowest BCUT2D eigenvalue weighted by Gasteiger charge is -2.25. The van der Waals surface area contributed by atoms with Gasteiger partial charge >= 0.3 is 0 Å². The number of hydrogen-bond donors (Lipinski definition) is 2. The van der Waals surface area contributed by atoms with Gasteiger partial charge in [-0.1, -0.05) is 13.8 Å². The van der Waals surface area contributed by atoms with Gasteiger partial charge in [0.1, 0.15) is 0 Å². The molecule has 1 saturated heterocycles. The van der Waals surface area contributed by atoms with Crippen LogP contribution in [0.3, 0.4) is 0 Å². The summed E-state index contributed by atoms with van der Waals surface area (Å²) in [7, 11) is -1.45. The first-order valence-corrected chi connectivity index (χ1v) is 10.7. The van der Waals surface area contributed by atoms with Crippen molar-refractivity contribution in [3.05, 3.63) is 0 Å². The molecule has 0 aromatic carbocycles. The fraction of sp³-hybridized carbons (Fsp3) is 0.929. The summed E-state index contributed by atoms with van der Waals surface area (Å²) >= 11 is 1.81. The lowest BCUT2D eigenvalue weighted by molar-refractivity contribution is 0.443. The number of guanidine groups is 1. The minimum atomic E-state index is -3.15. The molecule has 0 spiro atoms. The summed E-state index contributed by atoms with van der Waals surface area (Å²) in [6, 6.07) is 0. The Bertz CT molecular complexity index is 438. The maximum absolute atomic E-state index is 12.2. The van der Waals surface area contributed by atoms with E-state index < -0.39 is 10.0 Å². The molecule has 0 aromatic heterocycles. The summed E-state index contributed by atoms with van der Waals surface area (Å²) in [6.45, 7) is 6.92. The Balaban J connectivity index is 0.00000484. The fourth-order valence-corrected chi connectivity index (χ4v) is 4.68. The zero-order valence-electron chi connectivity index (χ0n) is 14.4. The average molecular weight is 478 g/mol. The molecule has 1 aliphatic heterocycles. The van der Waals surface area contributed by atoms with Crippen LogP contribution in [0.25, 0.3) is 0 Å². The third-order valence-electron chi connectivity index (χ3n) is 3.49. The van der Waals surface area contributed by atoms with Crippen LogP contribution in [-0.2, 0) is 10.0 Å². The molecule has 1 rings (SSSR count). The van der Waals surface area contributed by atoms with Gasteiger partial charge in [0.25, 0.3) is 0 Å². The Morgan fingerprint density at radius 3 is 2.39 bits per heavy atom. The van der Waals surface area contributed by atoms with Crippen molar-refractivity contribution in [3.8, 4) is 0 Å². The van der Waals surface area contributed by atoms with Crippen molar-refractivity contribution in [2.45, 2.75) is 26.7 Å². The van der Waals surface area contributed by atoms with E-state index in [0.29, 0.717) is 31.5 Å². The topological polar surface area (TPSA) is 73.8 Å². The zero-order chi connectivity index (χ0) is 16.4. The second-order valence-electron chi connectivity index (χ2n) is 5.79. The Hall–Kier alpha value is 0.260. The third-order valence-corrected chi connectivity index (χ3v) is 6.30. The van der Waals surface area contributed by atoms with E-state index in [2.05, 4.69) is 29.5 Å². The summed E-state index contributed by atoms with van der Waals surface area (Å²) in [6.07, 6.45) is 2.26. The van der Waals surface area contributed by atoms with Gasteiger partial charge in [-0.3, -0.25) is 4.99 Å². The number of hydrogen-bond acceptors (Lipinski definition) is 4. The zero-order valence-corrected chi connectivity index (χ0v) is 18.3. The summed E-state index contributed by atoms with van der Waals surface area (Å²) < 4.78 is 26.0. The number of nitrogens with zero attached hydrogens (tertiary/aromatic N) is 2. The van der Waals surface area contributed by atoms with E-state index in [-0.39, 0.29) is 29.7 Å². The van der Waals surface area contributed by atoms with E-state index in [1.54, 1.807) is 11.4 Å². The highest BCUT2D eigenvalue weighted by Crippen LogP contribution is 2.12. The first kappa shape index (κ1) is 23.3. The quantitative estimate of drug-likeness (QED) is 0.240. The molecule has 0 radical (unpaired) electrons. The van der Waals surface area contributed by atoms with Crippen LogP contribution in [0.2, 0.25) is 0 Å². The van der Waals surface area contributed by atoms with E-state index in [1.165, 1.54) is 6.42 Å². The summed E-state index contributed by atoms with van der Waals surface area (Å²) in [4.78, 5) is 4.12. The summed E-state index contributed by atoms with van der Waals surface area (Å²) in [5.74, 6) is 3.28. The molecule has 1 aliphatic rings. The van der Waals surface area contributed by atoms with E-state index in [1.807, 2.05) is 11.8 Å². The van der Waals surface area contributed by atoms with Crippen molar-refractivity contribution >= 4 is 51.7 Å². The minimum absolute atomic E-state index is 0. The number of thioether (sulfide) groups is 1. The number of rotatable bonds is 8. The van der Waals surface area contributed by atoms with E-state index >= 15 is 0 Å². The Labute approximate surface area is 162 Å². The first-order valence-electron chi connectivity index (χ1n) is 7.96. The molecule has 0 unspecified atom stereocenters. The highest BCUT2D eigenvalue weighted by Gasteiger charge is 2.23. The molecule has 0 aliphatic carbocycles. The predicted octanol–water partition coefficient (Wildman–Crippen LogP) is 1.58. The molecule has 138 valence electrons. The van der Waals surface area contributed by atoms with Crippen LogP contribution >= 0.6 is 35.7 Å². The smallest absolute Gasteiger partial charge is 0.215 e. The van der Waals surface area contributed by atoms with Crippen LogP contribution in [0.1, 0.15) is 26.7 Å². The predicted molar refractivity (Wildman–Crippen MR) is 112 cm³/mol. The highest BCUT2D eigenvalue weighted by atomic mass is 127. The van der Waals surface area contributed by atoms with Gasteiger partial charge in [0.05, 0.1) is 5.75 Å². The average Bonchev–Trinajstić information content (AvgIpc) is 2.50. The first-order chi connectivity index (χ1) is 10.5. The number of halogens is 1. The van der Waals surface area contributed by atoms with Crippen molar-refractivity contribution in [2.75, 3.05) is 50.5 Å². The van der Waals surface area contributed by atoms with Crippen molar-refractivity contribution in [3.63, 3.8) is 0 Å². The molecule has 9 heteroatoms. The van der Waals surface area contributed by atoms with Crippen LogP contribution in [0.4, 0.5) is 0 Å². The van der Waals surface area contributed by atoms with Gasteiger partial charge in [-0.05, 0) is 18.8 Å². The van der Waals surface area contributed by atoms with Crippen molar-refractivity contribution in [1.29, 1.82) is 0 Å². The standard InChI is InChI=1S/C14H30N4O2S2.HI/c1-13(2)5-4-6-16-14(15-3)17-7-12-22(19,20)18-8-10-21-11-9-18;/h13H,4-12H2,1-3H3,(H2,15,16,17);1H. The molecule has 23 heavy (non-hydrogen) atoms. The van der Waals surface area contributed by atoms with Crippen LogP contribution in [-0.4, -0.2) is 69.2 Å². The van der Waals surface area contributed by atoms with Crippen molar-refractivity contribution in [1.82, 2.24) is 14.9 Å². The SMILES string of the molecule is CN=C(NCCCC(C)C)NCCS(=O)(=O)N1CCSCC1.I. The Morgan fingerprint density at radius 2 is 1.83 bits per heavy atom. The third kappa shape index (κ3) is 9.98. The van der Waals surface area contributed by atoms with Crippen LogP contribution in [0, 0.1) is 5.92 Å². The van der Waals surface area contributed by atoms with Crippen molar-refractivity contribution < 1.29 is 8.42 Å². The largest absolute Gasteiger partial charge is 0.356 e. The molecule has 0 atom stereocenters. The Morgan fingerprint density at radius 1 is 1.22 bits per heavy atom. The van der Waals surface area contributed by atoms with E-state index in [0.717, 1.165) is 24.5 Å². The van der Waals surface area contributed by atoms with Gasteiger partial charge in [-0.2, -0.15) is 11.8 Å². The molecule has 0 bridgehead atoms. The molecule has 0 saturated carbocycles. The molecule has 6 nitrogen and oxygen atoms in total. The second-order valence-corrected chi connectivity index (χ2v) is 9.10. The maximum Gasteiger partial charge on any atom is 0.215 e. The second kappa shape index (κ2) is 12.6. The monoisotopic (exact) mass is 478 g/mol. The molecular weight excluding hydrogens is 447 g/mol. The summed E-state index contributed by atoms with van der Waals surface area (Å²) in [5, 5.41) is 6.30. The molecule has 2 N–H and O–H groups in total. The number of aliphatic imine (C=N–C) groups is 1. The molecule has 0 amide bonds. The number of sulfonamides is 1. The van der Waals surface area contributed by atoms with E-state index in [4.69, 9.17) is 0 Å². The highest BCUT2D eigenvalue weighted by molar-refractivity contribution is 14.0. The van der Waals surface area contributed by atoms with E-state index in [9.17, 15) is 8.42 Å². The number of nitrogens with one attached hydrogen (secondary N) is 2. The van der Waals surface area contributed by atoms with Gasteiger partial charge in [0.15, 0.2) is 5.96 Å². The maximum atomic E-state index is 12.2. The van der Waals surface area contributed by atoms with Gasteiger partial charge in [-0.15, -0.1) is 24.0 Å². The van der Waals surface area contributed by atoms with Gasteiger partial charge < -0.3 is 10.6 Å². The lowest BCUT2D eigenvalue weighted by atomic mass is 10.1. The molecule has 1 heterocycles. The lowest BCUT2D eigenvalue weighted by Crippen LogP contribution is -2.44. The molecule has 0 aromatic rings. The minimum Gasteiger partial charge on any atom is -0.356 e. The van der Waals surface area contributed by atoms with Crippen LogP contribution in [0.5, 0.6) is 0 Å². The Kier molecular flexibility index (Phi) is 12.7. The van der Waals surface area contributed by atoms with Crippen molar-refractivity contribution in [2.24, 2.45) is 10.9 Å². The normalized spacial score (nSPS) is 17.0. The van der Waals surface area contributed by atoms with Crippen LogP contribution < -0.4 is 10.6 Å². The van der Waals surface area contributed by atoms with Crippen LogP contribution in [0.15, 0.2) is 4.99 Å². The van der Waals surface area contributed by atoms with Gasteiger partial charge in [0.2, 0.25) is 10.0 Å². The fourth-order valence-electron chi connectivity index (χ4n) is 2.19. The molecular formula is C14H31IN4O2S2. The molecule has 1 fully saturated rings. The van der Waals surface area contributed by atoms with Gasteiger partial charge in [0, 0.05) is 44.7 Å². The van der Waals surface area contributed by atoms with Gasteiger partial charge in [-0.25, -0.2) is 12.7 Å². The summed E-state index contributed by atoms with van der Waals surface area (Å²) in [5.41, 5.74) is 0.